The molecule has 0 saturated carbocycles. The van der Waals surface area contributed by atoms with Crippen LogP contribution in [0.1, 0.15) is 15.9 Å². The fourth-order valence-corrected chi connectivity index (χ4v) is 2.02. The Bertz CT molecular complexity index is 879. The highest BCUT2D eigenvalue weighted by Gasteiger charge is 2.30. The summed E-state index contributed by atoms with van der Waals surface area (Å²) in [4.78, 5) is 12.1. The predicted octanol–water partition coefficient (Wildman–Crippen LogP) is 3.87. The summed E-state index contributed by atoms with van der Waals surface area (Å²) in [5.41, 5.74) is -0.558. The summed E-state index contributed by atoms with van der Waals surface area (Å²) < 4.78 is 43.6. The van der Waals surface area contributed by atoms with Crippen LogP contribution in [-0.2, 0) is 6.18 Å². The molecule has 0 aliphatic carbocycles. The molecule has 3 aromatic rings. The van der Waals surface area contributed by atoms with Gasteiger partial charge >= 0.3 is 6.18 Å². The first-order chi connectivity index (χ1) is 11.9. The van der Waals surface area contributed by atoms with E-state index in [0.717, 1.165) is 12.1 Å². The number of aromatic amines is 1. The monoisotopic (exact) mass is 348 g/mol. The molecule has 2 N–H and O–H groups in total. The largest absolute Gasteiger partial charge is 0.457 e. The minimum atomic E-state index is -4.46. The molecule has 1 aromatic heterocycles. The summed E-state index contributed by atoms with van der Waals surface area (Å²) in [5, 5.41) is 12.1. The van der Waals surface area contributed by atoms with Crippen LogP contribution < -0.4 is 10.1 Å². The molecule has 2 aromatic carbocycles. The van der Waals surface area contributed by atoms with Gasteiger partial charge in [-0.1, -0.05) is 12.1 Å². The lowest BCUT2D eigenvalue weighted by Crippen LogP contribution is -2.12. The third-order valence-corrected chi connectivity index (χ3v) is 3.15. The Hall–Kier alpha value is -3.36. The average Bonchev–Trinajstić information content (AvgIpc) is 3.07. The summed E-state index contributed by atoms with van der Waals surface area (Å²) >= 11 is 0. The van der Waals surface area contributed by atoms with Gasteiger partial charge in [-0.2, -0.15) is 23.5 Å². The number of carbonyl (C=O) groups is 1. The number of hydrogen-bond acceptors (Lipinski definition) is 4. The van der Waals surface area contributed by atoms with Gasteiger partial charge in [0.1, 0.15) is 11.5 Å². The maximum atomic E-state index is 12.7. The SMILES string of the molecule is O=C(Nc1cn[nH]n1)c1cccc(Oc2cccc(C(F)(F)F)c2)c1. The second kappa shape index (κ2) is 6.63. The van der Waals surface area contributed by atoms with Crippen LogP contribution in [0.2, 0.25) is 0 Å². The topological polar surface area (TPSA) is 79.9 Å². The molecule has 25 heavy (non-hydrogen) atoms. The van der Waals surface area contributed by atoms with E-state index in [9.17, 15) is 18.0 Å². The van der Waals surface area contributed by atoms with Crippen LogP contribution in [0.25, 0.3) is 0 Å². The van der Waals surface area contributed by atoms with Crippen molar-refractivity contribution in [1.29, 1.82) is 0 Å². The standard InChI is InChI=1S/C16H11F3N4O2/c17-16(18,19)11-4-2-6-13(8-11)25-12-5-1-3-10(7-12)15(24)21-14-9-20-23-22-14/h1-9H,(H2,20,21,22,23,24). The smallest absolute Gasteiger partial charge is 0.416 e. The van der Waals surface area contributed by atoms with E-state index in [0.29, 0.717) is 0 Å². The van der Waals surface area contributed by atoms with Crippen LogP contribution in [0.3, 0.4) is 0 Å². The Labute approximate surface area is 139 Å². The Morgan fingerprint density at radius 3 is 2.48 bits per heavy atom. The first-order valence-electron chi connectivity index (χ1n) is 7.04. The Balaban J connectivity index is 1.77. The highest BCUT2D eigenvalue weighted by Crippen LogP contribution is 2.32. The number of hydrogen-bond donors (Lipinski definition) is 2. The van der Waals surface area contributed by atoms with E-state index in [1.165, 1.54) is 36.5 Å². The third kappa shape index (κ3) is 4.14. The summed E-state index contributed by atoms with van der Waals surface area (Å²) in [5.74, 6) is 0.0357. The molecule has 1 heterocycles. The van der Waals surface area contributed by atoms with Gasteiger partial charge in [-0.25, -0.2) is 0 Å². The first-order valence-corrected chi connectivity index (χ1v) is 7.04. The molecule has 9 heteroatoms. The second-order valence-electron chi connectivity index (χ2n) is 4.96. The van der Waals surface area contributed by atoms with E-state index in [4.69, 9.17) is 4.74 Å². The molecule has 0 radical (unpaired) electrons. The molecule has 0 saturated heterocycles. The van der Waals surface area contributed by atoms with Gasteiger partial charge < -0.3 is 10.1 Å². The zero-order chi connectivity index (χ0) is 17.9. The van der Waals surface area contributed by atoms with Gasteiger partial charge in [-0.3, -0.25) is 4.79 Å². The highest BCUT2D eigenvalue weighted by atomic mass is 19.4. The summed E-state index contributed by atoms with van der Waals surface area (Å²) in [7, 11) is 0. The molecule has 1 amide bonds. The zero-order valence-electron chi connectivity index (χ0n) is 12.5. The number of anilines is 1. The van der Waals surface area contributed by atoms with E-state index in [2.05, 4.69) is 20.7 Å². The number of ether oxygens (including phenoxy) is 1. The van der Waals surface area contributed by atoms with Gasteiger partial charge in [0.2, 0.25) is 0 Å². The molecule has 0 bridgehead atoms. The minimum Gasteiger partial charge on any atom is -0.457 e. The molecule has 0 unspecified atom stereocenters. The molecule has 0 spiro atoms. The Morgan fingerprint density at radius 1 is 1.08 bits per heavy atom. The molecular formula is C16H11F3N4O2. The van der Waals surface area contributed by atoms with E-state index in [-0.39, 0.29) is 22.9 Å². The van der Waals surface area contributed by atoms with E-state index >= 15 is 0 Å². The molecule has 3 rings (SSSR count). The van der Waals surface area contributed by atoms with E-state index in [1.54, 1.807) is 6.07 Å². The van der Waals surface area contributed by atoms with Crippen molar-refractivity contribution in [3.8, 4) is 11.5 Å². The number of benzene rings is 2. The van der Waals surface area contributed by atoms with Crippen LogP contribution in [0.5, 0.6) is 11.5 Å². The number of halogens is 3. The Kier molecular flexibility index (Phi) is 4.38. The van der Waals surface area contributed by atoms with Gasteiger partial charge in [0.25, 0.3) is 5.91 Å². The lowest BCUT2D eigenvalue weighted by atomic mass is 10.2. The van der Waals surface area contributed by atoms with Gasteiger partial charge in [-0.05, 0) is 36.4 Å². The molecule has 128 valence electrons. The molecule has 0 aliphatic heterocycles. The molecule has 0 atom stereocenters. The van der Waals surface area contributed by atoms with Crippen molar-refractivity contribution < 1.29 is 22.7 Å². The van der Waals surface area contributed by atoms with Gasteiger partial charge in [0.05, 0.1) is 11.8 Å². The maximum Gasteiger partial charge on any atom is 0.416 e. The number of H-pyrrole nitrogens is 1. The lowest BCUT2D eigenvalue weighted by molar-refractivity contribution is -0.137. The van der Waals surface area contributed by atoms with Crippen molar-refractivity contribution in [3.05, 3.63) is 65.9 Å². The van der Waals surface area contributed by atoms with Crippen molar-refractivity contribution in [2.45, 2.75) is 6.18 Å². The summed E-state index contributed by atoms with van der Waals surface area (Å²) in [6, 6.07) is 10.5. The van der Waals surface area contributed by atoms with Crippen molar-refractivity contribution in [3.63, 3.8) is 0 Å². The number of rotatable bonds is 4. The number of alkyl halides is 3. The summed E-state index contributed by atoms with van der Waals surface area (Å²) in [6.07, 6.45) is -3.13. The summed E-state index contributed by atoms with van der Waals surface area (Å²) in [6.45, 7) is 0. The number of amides is 1. The quantitative estimate of drug-likeness (QED) is 0.750. The normalized spacial score (nSPS) is 11.2. The minimum absolute atomic E-state index is 0.0175. The average molecular weight is 348 g/mol. The lowest BCUT2D eigenvalue weighted by Gasteiger charge is -2.10. The maximum absolute atomic E-state index is 12.7. The first kappa shape index (κ1) is 16.5. The van der Waals surface area contributed by atoms with Gasteiger partial charge in [0, 0.05) is 5.56 Å². The third-order valence-electron chi connectivity index (χ3n) is 3.15. The highest BCUT2D eigenvalue weighted by molar-refractivity contribution is 6.03. The van der Waals surface area contributed by atoms with Crippen LogP contribution >= 0.6 is 0 Å². The fourth-order valence-electron chi connectivity index (χ4n) is 2.02. The van der Waals surface area contributed by atoms with Crippen molar-refractivity contribution >= 4 is 11.7 Å². The predicted molar refractivity (Wildman–Crippen MR) is 82.3 cm³/mol. The van der Waals surface area contributed by atoms with Crippen LogP contribution in [-0.4, -0.2) is 21.3 Å². The fraction of sp³-hybridized carbons (Fsp3) is 0.0625. The van der Waals surface area contributed by atoms with Gasteiger partial charge in [-0.15, -0.1) is 5.10 Å². The van der Waals surface area contributed by atoms with Crippen molar-refractivity contribution in [2.75, 3.05) is 5.32 Å². The van der Waals surface area contributed by atoms with E-state index in [1.807, 2.05) is 0 Å². The van der Waals surface area contributed by atoms with Crippen LogP contribution in [0, 0.1) is 0 Å². The number of aromatic nitrogens is 3. The second-order valence-corrected chi connectivity index (χ2v) is 4.96. The van der Waals surface area contributed by atoms with E-state index < -0.39 is 17.6 Å². The van der Waals surface area contributed by atoms with Gasteiger partial charge in [0.15, 0.2) is 5.82 Å². The molecule has 0 fully saturated rings. The molecule has 0 aliphatic rings. The van der Waals surface area contributed by atoms with Crippen LogP contribution in [0.15, 0.2) is 54.7 Å². The van der Waals surface area contributed by atoms with Crippen molar-refractivity contribution in [2.24, 2.45) is 0 Å². The van der Waals surface area contributed by atoms with Crippen LogP contribution in [0.4, 0.5) is 19.0 Å². The van der Waals surface area contributed by atoms with Crippen molar-refractivity contribution in [1.82, 2.24) is 15.4 Å². The zero-order valence-corrected chi connectivity index (χ0v) is 12.5. The molecular weight excluding hydrogens is 337 g/mol. The number of carbonyl (C=O) groups excluding carboxylic acids is 1. The number of nitrogens with zero attached hydrogens (tertiary/aromatic N) is 2. The number of nitrogens with one attached hydrogen (secondary N) is 2. The Morgan fingerprint density at radius 2 is 1.80 bits per heavy atom. The molecule has 6 nitrogen and oxygen atoms in total.